The SMILES string of the molecule is Cc1cc2c(Br)nnc(N[C@@H]3CCCN(C)C3)n2n1. The molecule has 1 atom stereocenters. The minimum absolute atomic E-state index is 0.405. The average Bonchev–Trinajstić information content (AvgIpc) is 2.76. The molecule has 6 nitrogen and oxygen atoms in total. The van der Waals surface area contributed by atoms with Crippen LogP contribution in [0.3, 0.4) is 0 Å². The van der Waals surface area contributed by atoms with Crippen LogP contribution in [0.15, 0.2) is 10.7 Å². The van der Waals surface area contributed by atoms with Crippen LogP contribution in [-0.2, 0) is 0 Å². The molecule has 0 bridgehead atoms. The molecular weight excluding hydrogens is 308 g/mol. The Hall–Kier alpha value is -1.21. The van der Waals surface area contributed by atoms with Crippen molar-refractivity contribution < 1.29 is 0 Å². The molecule has 7 heteroatoms. The van der Waals surface area contributed by atoms with Gasteiger partial charge in [-0.3, -0.25) is 0 Å². The van der Waals surface area contributed by atoms with E-state index in [1.807, 2.05) is 17.5 Å². The molecule has 1 fully saturated rings. The lowest BCUT2D eigenvalue weighted by molar-refractivity contribution is 0.260. The van der Waals surface area contributed by atoms with Crippen LogP contribution in [0.2, 0.25) is 0 Å². The molecule has 0 aliphatic carbocycles. The van der Waals surface area contributed by atoms with E-state index >= 15 is 0 Å². The Bertz CT molecular complexity index is 595. The van der Waals surface area contributed by atoms with Gasteiger partial charge in [0.2, 0.25) is 5.95 Å². The Balaban J connectivity index is 1.90. The van der Waals surface area contributed by atoms with Crippen molar-refractivity contribution in [3.05, 3.63) is 16.4 Å². The van der Waals surface area contributed by atoms with Crippen LogP contribution in [0, 0.1) is 6.92 Å². The number of rotatable bonds is 2. The molecule has 2 aromatic heterocycles. The lowest BCUT2D eigenvalue weighted by Crippen LogP contribution is -2.40. The molecule has 3 heterocycles. The second-order valence-electron chi connectivity index (χ2n) is 5.14. The van der Waals surface area contributed by atoms with Gasteiger partial charge in [0.25, 0.3) is 0 Å². The van der Waals surface area contributed by atoms with E-state index in [2.05, 4.69) is 48.5 Å². The van der Waals surface area contributed by atoms with Gasteiger partial charge in [0, 0.05) is 12.6 Å². The van der Waals surface area contributed by atoms with E-state index in [9.17, 15) is 0 Å². The molecule has 0 spiro atoms. The normalized spacial score (nSPS) is 20.9. The zero-order chi connectivity index (χ0) is 13.4. The highest BCUT2D eigenvalue weighted by Gasteiger charge is 2.19. The largest absolute Gasteiger partial charge is 0.349 e. The number of likely N-dealkylation sites (tertiary alicyclic amines) is 1. The van der Waals surface area contributed by atoms with Crippen molar-refractivity contribution in [2.24, 2.45) is 0 Å². The fraction of sp³-hybridized carbons (Fsp3) is 0.583. The first-order valence-corrected chi connectivity index (χ1v) is 7.26. The first kappa shape index (κ1) is 12.8. The number of hydrogen-bond donors (Lipinski definition) is 1. The molecule has 3 rings (SSSR count). The fourth-order valence-corrected chi connectivity index (χ4v) is 2.91. The summed E-state index contributed by atoms with van der Waals surface area (Å²) in [5.74, 6) is 0.714. The van der Waals surface area contributed by atoms with Gasteiger partial charge in [-0.05, 0) is 55.4 Å². The molecule has 2 aromatic rings. The van der Waals surface area contributed by atoms with Gasteiger partial charge in [-0.1, -0.05) is 0 Å². The summed E-state index contributed by atoms with van der Waals surface area (Å²) in [6.07, 6.45) is 2.36. The molecule has 0 amide bonds. The number of anilines is 1. The quantitative estimate of drug-likeness (QED) is 0.911. The predicted octanol–water partition coefficient (Wildman–Crippen LogP) is 1.70. The van der Waals surface area contributed by atoms with E-state index in [0.29, 0.717) is 12.0 Å². The van der Waals surface area contributed by atoms with Crippen molar-refractivity contribution in [1.29, 1.82) is 0 Å². The maximum Gasteiger partial charge on any atom is 0.244 e. The standard InChI is InChI=1S/C12H17BrN6/c1-8-6-10-11(13)15-16-12(19(10)17-8)14-9-4-3-5-18(2)7-9/h6,9H,3-5,7H2,1-2H3,(H,14,16)/t9-/m1/s1. The van der Waals surface area contributed by atoms with Gasteiger partial charge in [-0.15, -0.1) is 10.2 Å². The van der Waals surface area contributed by atoms with Crippen molar-refractivity contribution in [3.8, 4) is 0 Å². The average molecular weight is 325 g/mol. The highest BCUT2D eigenvalue weighted by atomic mass is 79.9. The van der Waals surface area contributed by atoms with E-state index in [1.165, 1.54) is 13.0 Å². The number of likely N-dealkylation sites (N-methyl/N-ethyl adjacent to an activating group) is 1. The van der Waals surface area contributed by atoms with E-state index in [0.717, 1.165) is 28.8 Å². The van der Waals surface area contributed by atoms with Crippen molar-refractivity contribution in [2.75, 3.05) is 25.5 Å². The molecule has 1 aliphatic rings. The maximum atomic E-state index is 4.47. The van der Waals surface area contributed by atoms with Crippen LogP contribution in [0.1, 0.15) is 18.5 Å². The van der Waals surface area contributed by atoms with Crippen LogP contribution in [0.4, 0.5) is 5.95 Å². The smallest absolute Gasteiger partial charge is 0.244 e. The van der Waals surface area contributed by atoms with Crippen molar-refractivity contribution in [3.63, 3.8) is 0 Å². The zero-order valence-corrected chi connectivity index (χ0v) is 12.7. The topological polar surface area (TPSA) is 58.4 Å². The highest BCUT2D eigenvalue weighted by Crippen LogP contribution is 2.20. The van der Waals surface area contributed by atoms with Crippen LogP contribution in [-0.4, -0.2) is 50.9 Å². The number of piperidine rings is 1. The number of halogens is 1. The Morgan fingerprint density at radius 2 is 2.26 bits per heavy atom. The number of aryl methyl sites for hydroxylation is 1. The number of nitrogens with one attached hydrogen (secondary N) is 1. The minimum Gasteiger partial charge on any atom is -0.349 e. The molecule has 1 aliphatic heterocycles. The van der Waals surface area contributed by atoms with Gasteiger partial charge >= 0.3 is 0 Å². The first-order chi connectivity index (χ1) is 9.13. The van der Waals surface area contributed by atoms with Gasteiger partial charge < -0.3 is 10.2 Å². The third-order valence-corrected chi connectivity index (χ3v) is 4.00. The Labute approximate surface area is 120 Å². The number of fused-ring (bicyclic) bond motifs is 1. The Kier molecular flexibility index (Phi) is 3.40. The summed E-state index contributed by atoms with van der Waals surface area (Å²) < 4.78 is 2.54. The zero-order valence-electron chi connectivity index (χ0n) is 11.1. The predicted molar refractivity (Wildman–Crippen MR) is 77.4 cm³/mol. The van der Waals surface area contributed by atoms with Gasteiger partial charge in [0.1, 0.15) is 5.52 Å². The van der Waals surface area contributed by atoms with Gasteiger partial charge in [0.15, 0.2) is 4.60 Å². The molecular formula is C12H17BrN6. The summed E-state index contributed by atoms with van der Waals surface area (Å²) in [4.78, 5) is 2.33. The Morgan fingerprint density at radius 3 is 3.05 bits per heavy atom. The summed E-state index contributed by atoms with van der Waals surface area (Å²) in [5, 5.41) is 16.3. The maximum absolute atomic E-state index is 4.47. The molecule has 0 radical (unpaired) electrons. The fourth-order valence-electron chi connectivity index (χ4n) is 2.55. The summed E-state index contributed by atoms with van der Waals surface area (Å²) in [7, 11) is 2.15. The van der Waals surface area contributed by atoms with Crippen LogP contribution < -0.4 is 5.32 Å². The highest BCUT2D eigenvalue weighted by molar-refractivity contribution is 9.10. The molecule has 1 N–H and O–H groups in total. The molecule has 102 valence electrons. The Morgan fingerprint density at radius 1 is 1.42 bits per heavy atom. The summed E-state index contributed by atoms with van der Waals surface area (Å²) in [6.45, 7) is 4.16. The number of aromatic nitrogens is 4. The van der Waals surface area contributed by atoms with Crippen LogP contribution in [0.5, 0.6) is 0 Å². The summed E-state index contributed by atoms with van der Waals surface area (Å²) in [5.41, 5.74) is 1.90. The summed E-state index contributed by atoms with van der Waals surface area (Å²) in [6, 6.07) is 2.40. The molecule has 0 unspecified atom stereocenters. The van der Waals surface area contributed by atoms with Crippen molar-refractivity contribution in [2.45, 2.75) is 25.8 Å². The van der Waals surface area contributed by atoms with Crippen molar-refractivity contribution >= 4 is 27.4 Å². The number of hydrogen-bond acceptors (Lipinski definition) is 5. The molecule has 0 aromatic carbocycles. The lowest BCUT2D eigenvalue weighted by atomic mass is 10.1. The van der Waals surface area contributed by atoms with Crippen LogP contribution in [0.25, 0.3) is 5.52 Å². The van der Waals surface area contributed by atoms with Gasteiger partial charge in [0.05, 0.1) is 5.69 Å². The number of nitrogens with zero attached hydrogens (tertiary/aromatic N) is 5. The van der Waals surface area contributed by atoms with E-state index < -0.39 is 0 Å². The molecule has 19 heavy (non-hydrogen) atoms. The van der Waals surface area contributed by atoms with E-state index in [-0.39, 0.29) is 0 Å². The second kappa shape index (κ2) is 5.05. The minimum atomic E-state index is 0.405. The lowest BCUT2D eigenvalue weighted by Gasteiger charge is -2.30. The molecule has 0 saturated carbocycles. The third-order valence-electron chi connectivity index (χ3n) is 3.43. The molecule has 1 saturated heterocycles. The van der Waals surface area contributed by atoms with Gasteiger partial charge in [-0.2, -0.15) is 9.61 Å². The van der Waals surface area contributed by atoms with Crippen LogP contribution >= 0.6 is 15.9 Å². The monoisotopic (exact) mass is 324 g/mol. The second-order valence-corrected chi connectivity index (χ2v) is 5.89. The van der Waals surface area contributed by atoms with Crippen molar-refractivity contribution in [1.82, 2.24) is 24.7 Å². The third kappa shape index (κ3) is 2.57. The summed E-state index contributed by atoms with van der Waals surface area (Å²) >= 11 is 3.41. The first-order valence-electron chi connectivity index (χ1n) is 6.47. The van der Waals surface area contributed by atoms with Gasteiger partial charge in [-0.25, -0.2) is 0 Å². The van der Waals surface area contributed by atoms with E-state index in [1.54, 1.807) is 0 Å². The van der Waals surface area contributed by atoms with E-state index in [4.69, 9.17) is 0 Å².